The highest BCUT2D eigenvalue weighted by Gasteiger charge is 2.40. The van der Waals surface area contributed by atoms with E-state index in [-0.39, 0.29) is 36.3 Å². The molecule has 0 bridgehead atoms. The van der Waals surface area contributed by atoms with Crippen molar-refractivity contribution in [2.45, 2.75) is 23.8 Å². The van der Waals surface area contributed by atoms with Crippen LogP contribution in [0.25, 0.3) is 33.4 Å². The van der Waals surface area contributed by atoms with Gasteiger partial charge in [0.15, 0.2) is 0 Å². The molecule has 2 aromatic carbocycles. The maximum atomic E-state index is 14.4. The highest BCUT2D eigenvalue weighted by molar-refractivity contribution is 14.1. The van der Waals surface area contributed by atoms with Crippen molar-refractivity contribution in [3.63, 3.8) is 0 Å². The maximum absolute atomic E-state index is 14.4. The van der Waals surface area contributed by atoms with Gasteiger partial charge in [0, 0.05) is 73.6 Å². The van der Waals surface area contributed by atoms with Crippen molar-refractivity contribution < 1.29 is 22.4 Å². The highest BCUT2D eigenvalue weighted by atomic mass is 127. The van der Waals surface area contributed by atoms with E-state index in [0.29, 0.717) is 34.2 Å². The van der Waals surface area contributed by atoms with Gasteiger partial charge in [0.25, 0.3) is 0 Å². The fourth-order valence-corrected chi connectivity index (χ4v) is 7.71. The molecule has 0 radical (unpaired) electrons. The fourth-order valence-electron chi connectivity index (χ4n) is 5.58. The summed E-state index contributed by atoms with van der Waals surface area (Å²) in [6, 6.07) is 18.0. The van der Waals surface area contributed by atoms with Crippen molar-refractivity contribution in [3.05, 3.63) is 66.0 Å². The zero-order chi connectivity index (χ0) is 31.6. The molecule has 2 heterocycles. The molecule has 0 aromatic heterocycles. The standard InChI is InChI=1S/C32H36IN5O5S/c1-36(2)21-11-13-23-27(18-21)43-28-19-22(37(3)4)12-14-24(28)31(23)25-8-5-6-10-29(25)44(41,42)38-17-7-9-26(38)32(40)35-16-15-34-30(39)20-33/h5-6,8,10-14,18-19,26H,7,9,15-17,20H2,1-4H3,(H-,34,35,39,40)/p+1/i7+1,9+1,17+1,26+1,32+1,38+1. The summed E-state index contributed by atoms with van der Waals surface area (Å²) in [6.45, 7) is 0.738. The topological polar surface area (TPSA) is 115 Å². The molecule has 1 unspecified atom stereocenters. The average molecular weight is 737 g/mol. The number of carbonyl (C=O) groups excluding carboxylic acids is 2. The van der Waals surface area contributed by atoms with Crippen LogP contribution < -0.4 is 25.5 Å². The van der Waals surface area contributed by atoms with Gasteiger partial charge in [-0.05, 0) is 37.1 Å². The summed E-state index contributed by atoms with van der Waals surface area (Å²) in [5.41, 5.74) is 3.67. The number of nitrogens with zero attached hydrogens (tertiary/aromatic N) is 3. The summed E-state index contributed by atoms with van der Waals surface area (Å²) in [7, 11) is 3.74. The normalized spacial score (nSPS) is 15.4. The van der Waals surface area contributed by atoms with E-state index in [1.807, 2.05) is 109 Å². The third-order valence-corrected chi connectivity index (χ3v) is 10.5. The third-order valence-electron chi connectivity index (χ3n) is 7.84. The molecule has 5 rings (SSSR count). The minimum Gasteiger partial charge on any atom is -0.456 e. The van der Waals surface area contributed by atoms with Crippen molar-refractivity contribution in [3.8, 4) is 22.5 Å². The van der Waals surface area contributed by atoms with Crippen LogP contribution in [0.4, 0.5) is 5.69 Å². The smallest absolute Gasteiger partial charge is 0.244 e. The highest BCUT2D eigenvalue weighted by Crippen LogP contribution is 2.43. The lowest BCUT2D eigenvalue weighted by atomic mass is 9.93. The molecule has 0 spiro atoms. The van der Waals surface area contributed by atoms with Crippen LogP contribution in [0.15, 0.2) is 70.0 Å². The zero-order valence-electron chi connectivity index (χ0n) is 25.3. The third kappa shape index (κ3) is 6.33. The van der Waals surface area contributed by atoms with E-state index < -0.39 is 16.1 Å². The van der Waals surface area contributed by atoms with Crippen molar-refractivity contribution in [2.24, 2.45) is 0 Å². The molecule has 1 aliphatic carbocycles. The lowest BCUT2D eigenvalue weighted by molar-refractivity contribution is -0.124. The number of alkyl halides is 1. The molecular formula is C32H37IN5O5S+. The van der Waals surface area contributed by atoms with Crippen LogP contribution in [-0.4, -0.2) is 82.8 Å². The monoisotopic (exact) mass is 736 g/mol. The second-order valence-electron chi connectivity index (χ2n) is 11.2. The summed E-state index contributed by atoms with van der Waals surface area (Å²) in [5, 5.41) is 7.25. The van der Waals surface area contributed by atoms with E-state index in [2.05, 4.69) is 10.6 Å². The van der Waals surface area contributed by atoms with E-state index in [4.69, 9.17) is 4.42 Å². The van der Waals surface area contributed by atoms with E-state index in [9.17, 15) is 18.0 Å². The van der Waals surface area contributed by atoms with Gasteiger partial charge >= 0.3 is 0 Å². The van der Waals surface area contributed by atoms with Crippen LogP contribution in [0, 0.1) is 0 Å². The molecule has 1 fully saturated rings. The first-order valence-corrected chi connectivity index (χ1v) is 17.4. The Bertz CT molecular complexity index is 1870. The molecule has 2 aromatic rings. The van der Waals surface area contributed by atoms with Crippen LogP contribution in [0.1, 0.15) is 12.8 Å². The van der Waals surface area contributed by atoms with Crippen molar-refractivity contribution in [1.82, 2.24) is 19.5 Å². The van der Waals surface area contributed by atoms with Gasteiger partial charge in [-0.25, -0.2) is 13.0 Å². The predicted molar refractivity (Wildman–Crippen MR) is 182 cm³/mol. The Labute approximate surface area is 271 Å². The zero-order valence-corrected chi connectivity index (χ0v) is 28.2. The number of hydrogen-bond acceptors (Lipinski definition) is 6. The van der Waals surface area contributed by atoms with Gasteiger partial charge < -0.3 is 20.0 Å². The summed E-state index contributed by atoms with van der Waals surface area (Å²) in [4.78, 5) is 26.8. The van der Waals surface area contributed by atoms with Crippen LogP contribution in [-0.2, 0) is 19.6 Å². The van der Waals surface area contributed by atoms with Crippen LogP contribution in [0.5, 0.6) is 0 Å². The summed E-state index contributed by atoms with van der Waals surface area (Å²) < 4.78 is 38.9. The molecule has 2 aliphatic heterocycles. The average Bonchev–Trinajstić information content (AvgIpc) is 3.52. The number of benzene rings is 3. The molecule has 3 aliphatic rings. The Morgan fingerprint density at radius 2 is 1.77 bits per heavy atom. The van der Waals surface area contributed by atoms with Crippen molar-refractivity contribution >= 4 is 61.1 Å². The number of sulfonamides is 1. The minimum absolute atomic E-state index is 0.119. The Balaban J connectivity index is 1.61. The van der Waals surface area contributed by atoms with Crippen LogP contribution in [0.3, 0.4) is 0 Å². The number of anilines is 1. The van der Waals surface area contributed by atoms with Gasteiger partial charge in [-0.3, -0.25) is 9.59 Å². The predicted octanol–water partition coefficient (Wildman–Crippen LogP) is 3.12. The lowest BCUT2D eigenvalue weighted by Gasteiger charge is -2.25. The Kier molecular flexibility index (Phi) is 9.61. The molecule has 1 saturated heterocycles. The SMILES string of the molecule is CN(C)c1ccc2c(-c3ccccc3S(=O)(=O)[15N]3[13CH2][13CH2][13CH2][13CH]3[13C](=O)NCCNC(=O)CI)c3ccc(=[N+](C)C)cc-3oc2c1. The van der Waals surface area contributed by atoms with E-state index in [1.54, 1.807) is 12.1 Å². The van der Waals surface area contributed by atoms with Gasteiger partial charge in [-0.1, -0.05) is 40.8 Å². The Morgan fingerprint density at radius 1 is 1.02 bits per heavy atom. The molecule has 0 saturated carbocycles. The molecule has 10 nitrogen and oxygen atoms in total. The largest absolute Gasteiger partial charge is 0.456 e. The molecule has 1 atom stereocenters. The number of rotatable bonds is 9. The van der Waals surface area contributed by atoms with Gasteiger partial charge in [-0.15, -0.1) is 0 Å². The molecule has 232 valence electrons. The number of hydrogen-bond donors (Lipinski definition) is 2. The Morgan fingerprint density at radius 3 is 2.50 bits per heavy atom. The van der Waals surface area contributed by atoms with Crippen molar-refractivity contribution in [2.75, 3.05) is 57.2 Å². The molecule has 2 amide bonds. The number of nitrogens with one attached hydrogen (secondary N) is 2. The summed E-state index contributed by atoms with van der Waals surface area (Å²) >= 11 is 1.97. The summed E-state index contributed by atoms with van der Waals surface area (Å²) in [6.07, 6.45) is 0.992. The molecular weight excluding hydrogens is 699 g/mol. The first-order valence-electron chi connectivity index (χ1n) is 14.4. The molecule has 44 heavy (non-hydrogen) atoms. The molecule has 2 N–H and O–H groups in total. The van der Waals surface area contributed by atoms with Crippen LogP contribution >= 0.6 is 22.6 Å². The minimum atomic E-state index is -4.09. The number of halogens is 1. The Hall–Kier alpha value is -3.49. The van der Waals surface area contributed by atoms with Gasteiger partial charge in [0.1, 0.15) is 31.5 Å². The maximum Gasteiger partial charge on any atom is 0.244 e. The van der Waals surface area contributed by atoms with Gasteiger partial charge in [0.05, 0.1) is 15.4 Å². The second-order valence-corrected chi connectivity index (χ2v) is 13.8. The quantitative estimate of drug-likeness (QED) is 0.0520. The number of amides is 2. The van der Waals surface area contributed by atoms with Gasteiger partial charge in [-0.2, -0.15) is 4.31 Å². The number of fused-ring (bicyclic) bond motifs is 2. The fraction of sp³-hybridized carbons (Fsp3) is 0.344. The first-order chi connectivity index (χ1) is 21.0. The van der Waals surface area contributed by atoms with E-state index >= 15 is 0 Å². The van der Waals surface area contributed by atoms with Gasteiger partial charge in [0.2, 0.25) is 27.2 Å². The number of carbonyl (C=O) groups is 2. The summed E-state index contributed by atoms with van der Waals surface area (Å²) in [5.74, 6) is 0.148. The van der Waals surface area contributed by atoms with E-state index in [0.717, 1.165) is 27.6 Å². The lowest BCUT2D eigenvalue weighted by Crippen LogP contribution is -2.47. The van der Waals surface area contributed by atoms with E-state index in [1.165, 1.54) is 4.31 Å². The molecule has 12 heteroatoms. The second kappa shape index (κ2) is 13.2. The van der Waals surface area contributed by atoms with Crippen molar-refractivity contribution in [1.29, 1.82) is 0 Å². The first kappa shape index (κ1) is 31.9. The van der Waals surface area contributed by atoms with Crippen LogP contribution in [0.2, 0.25) is 0 Å².